The van der Waals surface area contributed by atoms with Crippen molar-refractivity contribution >= 4 is 21.8 Å². The van der Waals surface area contributed by atoms with Crippen molar-refractivity contribution in [1.29, 1.82) is 0 Å². The van der Waals surface area contributed by atoms with E-state index in [9.17, 15) is 4.79 Å². The van der Waals surface area contributed by atoms with Crippen LogP contribution in [0.1, 0.15) is 35.9 Å². The van der Waals surface area contributed by atoms with Crippen LogP contribution in [0.4, 0.5) is 0 Å². The van der Waals surface area contributed by atoms with Gasteiger partial charge >= 0.3 is 0 Å². The lowest BCUT2D eigenvalue weighted by Crippen LogP contribution is -2.26. The number of hydrogen-bond donors (Lipinski definition) is 1. The Morgan fingerprint density at radius 1 is 1.56 bits per heavy atom. The van der Waals surface area contributed by atoms with Crippen LogP contribution in [-0.4, -0.2) is 27.6 Å². The SMILES string of the molecule is CCc1cc(C(=O)NCCCCBr)n(C)n1. The molecule has 1 heterocycles. The van der Waals surface area contributed by atoms with Gasteiger partial charge in [0, 0.05) is 18.9 Å². The molecule has 0 atom stereocenters. The van der Waals surface area contributed by atoms with Gasteiger partial charge in [-0.3, -0.25) is 9.48 Å². The van der Waals surface area contributed by atoms with Crippen LogP contribution < -0.4 is 5.32 Å². The number of carbonyl (C=O) groups is 1. The molecule has 5 heteroatoms. The first-order chi connectivity index (χ1) is 7.69. The molecule has 0 unspecified atom stereocenters. The van der Waals surface area contributed by atoms with E-state index in [1.165, 1.54) is 0 Å². The molecule has 0 aromatic carbocycles. The van der Waals surface area contributed by atoms with E-state index in [2.05, 4.69) is 26.3 Å². The summed E-state index contributed by atoms with van der Waals surface area (Å²) in [5, 5.41) is 8.12. The molecule has 0 saturated carbocycles. The Bertz CT molecular complexity index is 349. The number of aryl methyl sites for hydroxylation is 2. The molecule has 0 aliphatic rings. The number of carbonyl (C=O) groups excluding carboxylic acids is 1. The van der Waals surface area contributed by atoms with Crippen molar-refractivity contribution in [2.24, 2.45) is 7.05 Å². The molecule has 0 bridgehead atoms. The quantitative estimate of drug-likeness (QED) is 0.642. The van der Waals surface area contributed by atoms with Crippen molar-refractivity contribution in [3.05, 3.63) is 17.5 Å². The number of alkyl halides is 1. The number of halogens is 1. The maximum atomic E-state index is 11.8. The van der Waals surface area contributed by atoms with Crippen LogP contribution >= 0.6 is 15.9 Å². The second kappa shape index (κ2) is 6.68. The van der Waals surface area contributed by atoms with Gasteiger partial charge in [-0.05, 0) is 25.3 Å². The van der Waals surface area contributed by atoms with Gasteiger partial charge in [0.05, 0.1) is 5.69 Å². The normalized spacial score (nSPS) is 10.4. The first-order valence-corrected chi connectivity index (χ1v) is 6.68. The number of nitrogens with zero attached hydrogens (tertiary/aromatic N) is 2. The molecule has 0 aliphatic carbocycles. The van der Waals surface area contributed by atoms with E-state index < -0.39 is 0 Å². The number of amides is 1. The summed E-state index contributed by atoms with van der Waals surface area (Å²) in [4.78, 5) is 11.8. The summed E-state index contributed by atoms with van der Waals surface area (Å²) < 4.78 is 1.64. The smallest absolute Gasteiger partial charge is 0.269 e. The topological polar surface area (TPSA) is 46.9 Å². The van der Waals surface area contributed by atoms with E-state index in [0.717, 1.165) is 36.8 Å². The minimum atomic E-state index is -0.0377. The third kappa shape index (κ3) is 3.63. The summed E-state index contributed by atoms with van der Waals surface area (Å²) in [6.45, 7) is 2.75. The predicted octanol–water partition coefficient (Wildman–Crippen LogP) is 1.89. The van der Waals surface area contributed by atoms with Crippen molar-refractivity contribution < 1.29 is 4.79 Å². The number of hydrogen-bond acceptors (Lipinski definition) is 2. The van der Waals surface area contributed by atoms with E-state index in [-0.39, 0.29) is 5.91 Å². The molecule has 0 radical (unpaired) electrons. The van der Waals surface area contributed by atoms with E-state index in [0.29, 0.717) is 5.69 Å². The highest BCUT2D eigenvalue weighted by atomic mass is 79.9. The Kier molecular flexibility index (Phi) is 5.52. The van der Waals surface area contributed by atoms with Crippen LogP contribution in [0.2, 0.25) is 0 Å². The Balaban J connectivity index is 2.49. The van der Waals surface area contributed by atoms with Crippen LogP contribution in [0.15, 0.2) is 6.07 Å². The molecule has 0 saturated heterocycles. The van der Waals surface area contributed by atoms with Gasteiger partial charge in [0.2, 0.25) is 0 Å². The average molecular weight is 288 g/mol. The summed E-state index contributed by atoms with van der Waals surface area (Å²) >= 11 is 3.36. The highest BCUT2D eigenvalue weighted by Crippen LogP contribution is 2.03. The van der Waals surface area contributed by atoms with Gasteiger partial charge in [0.1, 0.15) is 5.69 Å². The summed E-state index contributed by atoms with van der Waals surface area (Å²) in [6.07, 6.45) is 2.92. The molecule has 1 amide bonds. The molecule has 1 N–H and O–H groups in total. The number of nitrogens with one attached hydrogen (secondary N) is 1. The summed E-state index contributed by atoms with van der Waals surface area (Å²) in [5.74, 6) is -0.0377. The summed E-state index contributed by atoms with van der Waals surface area (Å²) in [7, 11) is 1.80. The Morgan fingerprint density at radius 3 is 2.88 bits per heavy atom. The van der Waals surface area contributed by atoms with Gasteiger partial charge in [0.25, 0.3) is 5.91 Å². The van der Waals surface area contributed by atoms with Gasteiger partial charge in [-0.1, -0.05) is 22.9 Å². The predicted molar refractivity (Wildman–Crippen MR) is 67.9 cm³/mol. The number of aromatic nitrogens is 2. The first-order valence-electron chi connectivity index (χ1n) is 5.56. The molecule has 1 aromatic rings. The maximum Gasteiger partial charge on any atom is 0.269 e. The van der Waals surface area contributed by atoms with Crippen LogP contribution in [0, 0.1) is 0 Å². The van der Waals surface area contributed by atoms with Crippen LogP contribution in [0.5, 0.6) is 0 Å². The molecule has 90 valence electrons. The molecular formula is C11H18BrN3O. The minimum Gasteiger partial charge on any atom is -0.351 e. The Hall–Kier alpha value is -0.840. The van der Waals surface area contributed by atoms with Crippen molar-refractivity contribution in [3.8, 4) is 0 Å². The Labute approximate surface area is 105 Å². The molecule has 16 heavy (non-hydrogen) atoms. The monoisotopic (exact) mass is 287 g/mol. The van der Waals surface area contributed by atoms with Gasteiger partial charge in [-0.2, -0.15) is 5.10 Å². The van der Waals surface area contributed by atoms with E-state index in [4.69, 9.17) is 0 Å². The molecule has 0 spiro atoms. The molecule has 0 aliphatic heterocycles. The van der Waals surface area contributed by atoms with E-state index in [1.54, 1.807) is 11.7 Å². The lowest BCUT2D eigenvalue weighted by molar-refractivity contribution is 0.0944. The van der Waals surface area contributed by atoms with Gasteiger partial charge in [-0.15, -0.1) is 0 Å². The fourth-order valence-electron chi connectivity index (χ4n) is 1.42. The van der Waals surface area contributed by atoms with E-state index in [1.807, 2.05) is 13.0 Å². The zero-order valence-corrected chi connectivity index (χ0v) is 11.4. The standard InChI is InChI=1S/C11H18BrN3O/c1-3-9-8-10(15(2)14-9)11(16)13-7-5-4-6-12/h8H,3-7H2,1-2H3,(H,13,16). The average Bonchev–Trinajstić information content (AvgIpc) is 2.66. The van der Waals surface area contributed by atoms with Gasteiger partial charge in [-0.25, -0.2) is 0 Å². The number of rotatable bonds is 6. The zero-order chi connectivity index (χ0) is 12.0. The van der Waals surface area contributed by atoms with Crippen molar-refractivity contribution in [2.75, 3.05) is 11.9 Å². The fraction of sp³-hybridized carbons (Fsp3) is 0.636. The van der Waals surface area contributed by atoms with E-state index >= 15 is 0 Å². The summed E-state index contributed by atoms with van der Waals surface area (Å²) in [5.41, 5.74) is 1.59. The van der Waals surface area contributed by atoms with Gasteiger partial charge < -0.3 is 5.32 Å². The van der Waals surface area contributed by atoms with Crippen LogP contribution in [-0.2, 0) is 13.5 Å². The first kappa shape index (κ1) is 13.2. The van der Waals surface area contributed by atoms with Crippen molar-refractivity contribution in [3.63, 3.8) is 0 Å². The van der Waals surface area contributed by atoms with Crippen LogP contribution in [0.3, 0.4) is 0 Å². The zero-order valence-electron chi connectivity index (χ0n) is 9.79. The fourth-order valence-corrected chi connectivity index (χ4v) is 1.82. The largest absolute Gasteiger partial charge is 0.351 e. The van der Waals surface area contributed by atoms with Crippen molar-refractivity contribution in [1.82, 2.24) is 15.1 Å². The number of unbranched alkanes of at least 4 members (excludes halogenated alkanes) is 1. The highest BCUT2D eigenvalue weighted by Gasteiger charge is 2.11. The molecule has 1 rings (SSSR count). The highest BCUT2D eigenvalue weighted by molar-refractivity contribution is 9.09. The minimum absolute atomic E-state index is 0.0377. The van der Waals surface area contributed by atoms with Crippen LogP contribution in [0.25, 0.3) is 0 Å². The second-order valence-corrected chi connectivity index (χ2v) is 4.44. The lowest BCUT2D eigenvalue weighted by atomic mass is 10.3. The molecular weight excluding hydrogens is 270 g/mol. The molecule has 4 nitrogen and oxygen atoms in total. The lowest BCUT2D eigenvalue weighted by Gasteiger charge is -2.03. The third-order valence-electron chi connectivity index (χ3n) is 2.37. The molecule has 0 fully saturated rings. The van der Waals surface area contributed by atoms with Crippen molar-refractivity contribution in [2.45, 2.75) is 26.2 Å². The Morgan fingerprint density at radius 2 is 2.31 bits per heavy atom. The summed E-state index contributed by atoms with van der Waals surface area (Å²) in [6, 6.07) is 1.85. The molecule has 1 aromatic heterocycles. The third-order valence-corrected chi connectivity index (χ3v) is 2.93. The maximum absolute atomic E-state index is 11.8. The van der Waals surface area contributed by atoms with Gasteiger partial charge in [0.15, 0.2) is 0 Å². The second-order valence-electron chi connectivity index (χ2n) is 3.65.